The van der Waals surface area contributed by atoms with E-state index < -0.39 is 5.97 Å². The van der Waals surface area contributed by atoms with E-state index in [0.29, 0.717) is 0 Å². The number of Topliss-reactive ketones (excluding diaryl/α,β-unsaturated/α-hetero) is 1. The van der Waals surface area contributed by atoms with Crippen LogP contribution in [-0.2, 0) is 14.3 Å². The third-order valence-corrected chi connectivity index (χ3v) is 4.54. The maximum atomic E-state index is 11.5. The van der Waals surface area contributed by atoms with Gasteiger partial charge in [0.1, 0.15) is 6.61 Å². The van der Waals surface area contributed by atoms with E-state index in [4.69, 9.17) is 4.74 Å². The molecule has 26 heavy (non-hydrogen) atoms. The van der Waals surface area contributed by atoms with Crippen LogP contribution in [0.15, 0.2) is 58.7 Å². The fourth-order valence-corrected chi connectivity index (χ4v) is 3.08. The average Bonchev–Trinajstić information content (AvgIpc) is 2.51. The molecule has 1 aliphatic carbocycles. The van der Waals surface area contributed by atoms with Gasteiger partial charge in [-0.15, -0.1) is 0 Å². The number of esters is 1. The van der Waals surface area contributed by atoms with Crippen LogP contribution >= 0.6 is 0 Å². The van der Waals surface area contributed by atoms with Gasteiger partial charge in [0, 0.05) is 6.08 Å². The molecule has 0 atom stereocenters. The maximum absolute atomic E-state index is 11.5. The molecule has 0 aliphatic heterocycles. The predicted octanol–water partition coefficient (Wildman–Crippen LogP) is 5.65. The average molecular weight is 357 g/mol. The molecule has 0 aromatic carbocycles. The zero-order valence-electron chi connectivity index (χ0n) is 17.0. The Morgan fingerprint density at radius 3 is 2.42 bits per heavy atom. The van der Waals surface area contributed by atoms with Crippen LogP contribution in [0.4, 0.5) is 0 Å². The summed E-state index contributed by atoms with van der Waals surface area (Å²) in [4.78, 5) is 22.3. The highest BCUT2D eigenvalue weighted by molar-refractivity contribution is 5.86. The molecule has 0 bridgehead atoms. The summed E-state index contributed by atoms with van der Waals surface area (Å²) in [6.07, 6.45) is 15.3. The highest BCUT2D eigenvalue weighted by Crippen LogP contribution is 2.40. The number of carbonyl (C=O) groups is 2. The van der Waals surface area contributed by atoms with Gasteiger partial charge in [0.15, 0.2) is 5.78 Å². The van der Waals surface area contributed by atoms with Gasteiger partial charge in [-0.2, -0.15) is 0 Å². The van der Waals surface area contributed by atoms with Gasteiger partial charge in [0.25, 0.3) is 0 Å². The topological polar surface area (TPSA) is 43.4 Å². The first-order valence-electron chi connectivity index (χ1n) is 9.19. The molecule has 0 aromatic rings. The van der Waals surface area contributed by atoms with E-state index in [9.17, 15) is 9.59 Å². The summed E-state index contributed by atoms with van der Waals surface area (Å²) in [7, 11) is 0. The highest BCUT2D eigenvalue weighted by atomic mass is 16.5. The molecule has 1 rings (SSSR count). The van der Waals surface area contributed by atoms with E-state index >= 15 is 0 Å². The van der Waals surface area contributed by atoms with Crippen LogP contribution in [0, 0.1) is 5.41 Å². The minimum atomic E-state index is -0.495. The molecule has 0 saturated carbocycles. The number of allylic oxidation sites excluding steroid dienone is 9. The largest absolute Gasteiger partial charge is 0.455 e. The Bertz CT molecular complexity index is 682. The summed E-state index contributed by atoms with van der Waals surface area (Å²) in [5, 5.41) is 0. The molecule has 0 spiro atoms. The van der Waals surface area contributed by atoms with Gasteiger partial charge >= 0.3 is 5.97 Å². The quantitative estimate of drug-likeness (QED) is 0.336. The lowest BCUT2D eigenvalue weighted by atomic mass is 9.72. The van der Waals surface area contributed by atoms with Crippen molar-refractivity contribution >= 4 is 11.8 Å². The fraction of sp³-hybridized carbons (Fsp3) is 0.478. The van der Waals surface area contributed by atoms with Gasteiger partial charge in [0.2, 0.25) is 0 Å². The van der Waals surface area contributed by atoms with Crippen molar-refractivity contribution in [3.63, 3.8) is 0 Å². The third kappa shape index (κ3) is 7.81. The summed E-state index contributed by atoms with van der Waals surface area (Å²) in [6, 6.07) is 0. The van der Waals surface area contributed by atoms with Crippen molar-refractivity contribution in [2.75, 3.05) is 6.61 Å². The molecular weight excluding hydrogens is 324 g/mol. The second-order valence-electron chi connectivity index (χ2n) is 7.73. The molecule has 0 unspecified atom stereocenters. The molecule has 0 aromatic heterocycles. The zero-order chi connectivity index (χ0) is 19.7. The lowest BCUT2D eigenvalue weighted by Crippen LogP contribution is -2.19. The smallest absolute Gasteiger partial charge is 0.331 e. The van der Waals surface area contributed by atoms with Crippen LogP contribution in [0.25, 0.3) is 0 Å². The summed E-state index contributed by atoms with van der Waals surface area (Å²) in [5.74, 6) is -0.665. The summed E-state index contributed by atoms with van der Waals surface area (Å²) in [6.45, 7) is 12.0. The molecule has 1 aliphatic rings. The number of ether oxygens (including phenoxy) is 1. The molecule has 3 heteroatoms. The number of hydrogen-bond donors (Lipinski definition) is 0. The number of carbonyl (C=O) groups excluding carboxylic acids is 2. The summed E-state index contributed by atoms with van der Waals surface area (Å²) < 4.78 is 4.81. The van der Waals surface area contributed by atoms with Gasteiger partial charge < -0.3 is 4.74 Å². The Balaban J connectivity index is 2.69. The summed E-state index contributed by atoms with van der Waals surface area (Å²) >= 11 is 0. The van der Waals surface area contributed by atoms with E-state index in [1.807, 2.05) is 25.2 Å². The summed E-state index contributed by atoms with van der Waals surface area (Å²) in [5.41, 5.74) is 5.11. The Kier molecular flexibility index (Phi) is 8.50. The first-order valence-corrected chi connectivity index (χ1v) is 9.19. The van der Waals surface area contributed by atoms with Gasteiger partial charge in [-0.3, -0.25) is 4.79 Å². The van der Waals surface area contributed by atoms with Crippen LogP contribution in [0.3, 0.4) is 0 Å². The third-order valence-electron chi connectivity index (χ3n) is 4.54. The van der Waals surface area contributed by atoms with E-state index in [-0.39, 0.29) is 17.8 Å². The second-order valence-corrected chi connectivity index (χ2v) is 7.73. The Hall–Kier alpha value is -2.16. The highest BCUT2D eigenvalue weighted by Gasteiger charge is 2.26. The maximum Gasteiger partial charge on any atom is 0.331 e. The normalized spacial score (nSPS) is 18.7. The molecule has 142 valence electrons. The molecule has 0 amide bonds. The minimum Gasteiger partial charge on any atom is -0.455 e. The Morgan fingerprint density at radius 2 is 1.81 bits per heavy atom. The lowest BCUT2D eigenvalue weighted by molar-refractivity contribution is -0.142. The van der Waals surface area contributed by atoms with E-state index in [1.165, 1.54) is 43.4 Å². The van der Waals surface area contributed by atoms with Gasteiger partial charge in [-0.05, 0) is 63.5 Å². The monoisotopic (exact) mass is 356 g/mol. The first-order chi connectivity index (χ1) is 12.1. The first kappa shape index (κ1) is 21.9. The molecule has 3 nitrogen and oxygen atoms in total. The fourth-order valence-electron chi connectivity index (χ4n) is 3.08. The van der Waals surface area contributed by atoms with Crippen molar-refractivity contribution in [1.82, 2.24) is 0 Å². The Labute approximate surface area is 158 Å². The molecule has 0 saturated heterocycles. The number of hydrogen-bond acceptors (Lipinski definition) is 3. The van der Waals surface area contributed by atoms with Gasteiger partial charge in [-0.25, -0.2) is 4.79 Å². The molecule has 0 radical (unpaired) electrons. The van der Waals surface area contributed by atoms with Crippen molar-refractivity contribution in [2.24, 2.45) is 5.41 Å². The van der Waals surface area contributed by atoms with Gasteiger partial charge in [0.05, 0.1) is 0 Å². The van der Waals surface area contributed by atoms with Crippen molar-refractivity contribution in [1.29, 1.82) is 0 Å². The minimum absolute atomic E-state index is 0.170. The molecule has 0 fully saturated rings. The molecule has 0 heterocycles. The van der Waals surface area contributed by atoms with Crippen molar-refractivity contribution in [3.8, 4) is 0 Å². The number of rotatable bonds is 7. The molecular formula is C23H32O3. The van der Waals surface area contributed by atoms with Crippen molar-refractivity contribution in [3.05, 3.63) is 58.7 Å². The van der Waals surface area contributed by atoms with E-state index in [0.717, 1.165) is 11.1 Å². The standard InChI is InChI=1S/C23H32O3/c1-17(12-13-21-19(3)11-8-14-23(21,5)6)9-7-10-18(2)15-22(25)26-16-20(4)24/h7,9-10,12-13,15H,8,11,14,16H2,1-6H3/b10-7?,13-12?,17-9-,18-15?. The van der Waals surface area contributed by atoms with Crippen LogP contribution in [0.1, 0.15) is 60.8 Å². The van der Waals surface area contributed by atoms with Crippen molar-refractivity contribution < 1.29 is 14.3 Å². The van der Waals surface area contributed by atoms with E-state index in [1.54, 1.807) is 0 Å². The van der Waals surface area contributed by atoms with E-state index in [2.05, 4.69) is 39.8 Å². The molecule has 0 N–H and O–H groups in total. The number of ketones is 1. The van der Waals surface area contributed by atoms with Crippen LogP contribution < -0.4 is 0 Å². The van der Waals surface area contributed by atoms with Gasteiger partial charge in [-0.1, -0.05) is 55.4 Å². The van der Waals surface area contributed by atoms with Crippen LogP contribution in [0.2, 0.25) is 0 Å². The van der Waals surface area contributed by atoms with Crippen molar-refractivity contribution in [2.45, 2.75) is 60.8 Å². The predicted molar refractivity (Wildman–Crippen MR) is 108 cm³/mol. The second kappa shape index (κ2) is 10.1. The lowest BCUT2D eigenvalue weighted by Gasteiger charge is -2.32. The van der Waals surface area contributed by atoms with Crippen LogP contribution in [0.5, 0.6) is 0 Å². The Morgan fingerprint density at radius 1 is 1.12 bits per heavy atom. The SMILES string of the molecule is CC(=O)COC(=O)C=C(C)C=C/C=C(/C)C=CC1=C(C)CCCC1(C)C. The zero-order valence-corrected chi connectivity index (χ0v) is 17.0. The van der Waals surface area contributed by atoms with Crippen LogP contribution in [-0.4, -0.2) is 18.4 Å².